The van der Waals surface area contributed by atoms with Gasteiger partial charge in [0, 0.05) is 16.8 Å². The normalized spacial score (nSPS) is 10.4. The molecule has 0 aliphatic heterocycles. The van der Waals surface area contributed by atoms with Crippen molar-refractivity contribution in [3.63, 3.8) is 0 Å². The fourth-order valence-electron chi connectivity index (χ4n) is 2.10. The number of carboxylic acid groups (broad SMARTS) is 1. The van der Waals surface area contributed by atoms with Gasteiger partial charge in [-0.2, -0.15) is 0 Å². The largest absolute Gasteiger partial charge is 0.478 e. The van der Waals surface area contributed by atoms with E-state index in [2.05, 4.69) is 0 Å². The molecule has 0 unspecified atom stereocenters. The first-order valence-corrected chi connectivity index (χ1v) is 6.77. The van der Waals surface area contributed by atoms with Crippen LogP contribution in [-0.2, 0) is 6.42 Å². The van der Waals surface area contributed by atoms with Crippen LogP contribution in [0.2, 0.25) is 5.02 Å². The molecule has 2 rings (SSSR count). The van der Waals surface area contributed by atoms with E-state index in [0.29, 0.717) is 28.8 Å². The number of aryl methyl sites for hydroxylation is 1. The number of rotatable bonds is 4. The average Bonchev–Trinajstić information content (AvgIpc) is 2.45. The van der Waals surface area contributed by atoms with Gasteiger partial charge >= 0.3 is 5.97 Å². The van der Waals surface area contributed by atoms with E-state index in [-0.39, 0.29) is 16.4 Å². The van der Waals surface area contributed by atoms with Crippen molar-refractivity contribution in [3.8, 4) is 0 Å². The zero-order valence-corrected chi connectivity index (χ0v) is 12.1. The van der Waals surface area contributed by atoms with Crippen LogP contribution in [0.25, 0.3) is 0 Å². The number of carbonyl (C=O) groups excluding carboxylic acids is 1. The molecule has 5 heteroatoms. The van der Waals surface area contributed by atoms with Crippen molar-refractivity contribution >= 4 is 29.0 Å². The molecule has 0 spiro atoms. The van der Waals surface area contributed by atoms with Gasteiger partial charge in [0.2, 0.25) is 0 Å². The summed E-state index contributed by atoms with van der Waals surface area (Å²) in [5.74, 6) is -1.26. The molecule has 0 aromatic heterocycles. The van der Waals surface area contributed by atoms with Crippen LogP contribution < -0.4 is 5.73 Å². The van der Waals surface area contributed by atoms with E-state index >= 15 is 0 Å². The number of ketones is 1. The topological polar surface area (TPSA) is 80.4 Å². The molecule has 0 aliphatic carbocycles. The highest BCUT2D eigenvalue weighted by molar-refractivity contribution is 6.35. The van der Waals surface area contributed by atoms with Gasteiger partial charge < -0.3 is 10.8 Å². The van der Waals surface area contributed by atoms with Crippen molar-refractivity contribution in [2.45, 2.75) is 13.3 Å². The third kappa shape index (κ3) is 3.06. The Morgan fingerprint density at radius 1 is 1.14 bits per heavy atom. The number of halogens is 1. The smallest absolute Gasteiger partial charge is 0.335 e. The summed E-state index contributed by atoms with van der Waals surface area (Å²) < 4.78 is 0. The molecule has 0 fully saturated rings. The molecular formula is C16H14ClNO3. The van der Waals surface area contributed by atoms with E-state index in [4.69, 9.17) is 22.4 Å². The number of carbonyl (C=O) groups is 2. The number of hydrogen-bond donors (Lipinski definition) is 2. The molecule has 2 aromatic rings. The number of benzene rings is 2. The van der Waals surface area contributed by atoms with Gasteiger partial charge in [0.1, 0.15) is 0 Å². The Balaban J connectivity index is 2.50. The Labute approximate surface area is 127 Å². The molecule has 3 N–H and O–H groups in total. The third-order valence-electron chi connectivity index (χ3n) is 3.22. The van der Waals surface area contributed by atoms with Gasteiger partial charge in [-0.15, -0.1) is 0 Å². The van der Waals surface area contributed by atoms with E-state index in [1.54, 1.807) is 12.1 Å². The zero-order chi connectivity index (χ0) is 15.6. The van der Waals surface area contributed by atoms with Crippen LogP contribution >= 0.6 is 11.6 Å². The summed E-state index contributed by atoms with van der Waals surface area (Å²) in [6.07, 6.45) is 0.550. The summed E-state index contributed by atoms with van der Waals surface area (Å²) >= 11 is 6.06. The van der Waals surface area contributed by atoms with Crippen LogP contribution in [0.1, 0.15) is 38.8 Å². The minimum absolute atomic E-state index is 0.159. The maximum atomic E-state index is 12.6. The highest BCUT2D eigenvalue weighted by atomic mass is 35.5. The molecule has 0 saturated heterocycles. The first kappa shape index (κ1) is 15.1. The Hall–Kier alpha value is -2.33. The summed E-state index contributed by atoms with van der Waals surface area (Å²) in [6.45, 7) is 1.86. The van der Waals surface area contributed by atoms with E-state index in [1.807, 2.05) is 6.92 Å². The highest BCUT2D eigenvalue weighted by Gasteiger charge is 2.17. The molecule has 0 atom stereocenters. The minimum atomic E-state index is -1.02. The standard InChI is InChI=1S/C16H14ClNO3/c1-2-9-7-10(16(20)21)3-5-12(9)15(19)13-6-4-11(18)8-14(13)17/h3-8H,2,18H2,1H3,(H,20,21). The Bertz CT molecular complexity index is 725. The molecule has 0 saturated carbocycles. The molecule has 2 aromatic carbocycles. The summed E-state index contributed by atoms with van der Waals surface area (Å²) in [7, 11) is 0. The van der Waals surface area contributed by atoms with Crippen LogP contribution in [0.3, 0.4) is 0 Å². The second-order valence-corrected chi connectivity index (χ2v) is 5.01. The molecule has 21 heavy (non-hydrogen) atoms. The van der Waals surface area contributed by atoms with Crippen LogP contribution in [0.5, 0.6) is 0 Å². The first-order chi connectivity index (χ1) is 9.93. The SMILES string of the molecule is CCc1cc(C(=O)O)ccc1C(=O)c1ccc(N)cc1Cl. The first-order valence-electron chi connectivity index (χ1n) is 6.40. The molecule has 0 heterocycles. The monoisotopic (exact) mass is 303 g/mol. The third-order valence-corrected chi connectivity index (χ3v) is 3.53. The summed E-state index contributed by atoms with van der Waals surface area (Å²) in [6, 6.07) is 9.16. The average molecular weight is 304 g/mol. The zero-order valence-electron chi connectivity index (χ0n) is 11.4. The van der Waals surface area contributed by atoms with Crippen LogP contribution in [0, 0.1) is 0 Å². The number of hydrogen-bond acceptors (Lipinski definition) is 3. The van der Waals surface area contributed by atoms with Gasteiger partial charge in [0.05, 0.1) is 10.6 Å². The number of aromatic carboxylic acids is 1. The van der Waals surface area contributed by atoms with Crippen molar-refractivity contribution in [1.29, 1.82) is 0 Å². The summed E-state index contributed by atoms with van der Waals surface area (Å²) in [4.78, 5) is 23.6. The second-order valence-electron chi connectivity index (χ2n) is 4.60. The summed E-state index contributed by atoms with van der Waals surface area (Å²) in [5.41, 5.74) is 7.73. The van der Waals surface area contributed by atoms with Gasteiger partial charge in [0.15, 0.2) is 5.78 Å². The number of nitrogen functional groups attached to an aromatic ring is 1. The number of anilines is 1. The molecular weight excluding hydrogens is 290 g/mol. The molecule has 0 aliphatic rings. The van der Waals surface area contributed by atoms with E-state index in [9.17, 15) is 9.59 Å². The van der Waals surface area contributed by atoms with Crippen molar-refractivity contribution in [3.05, 3.63) is 63.7 Å². The minimum Gasteiger partial charge on any atom is -0.478 e. The predicted molar refractivity (Wildman–Crippen MR) is 82.1 cm³/mol. The fraction of sp³-hybridized carbons (Fsp3) is 0.125. The Morgan fingerprint density at radius 2 is 1.81 bits per heavy atom. The Kier molecular flexibility index (Phi) is 4.29. The quantitative estimate of drug-likeness (QED) is 0.670. The molecule has 0 radical (unpaired) electrons. The molecule has 108 valence electrons. The van der Waals surface area contributed by atoms with E-state index in [1.165, 1.54) is 24.3 Å². The van der Waals surface area contributed by atoms with E-state index < -0.39 is 5.97 Å². The number of carboxylic acids is 1. The lowest BCUT2D eigenvalue weighted by atomic mass is 9.95. The summed E-state index contributed by atoms with van der Waals surface area (Å²) in [5, 5.41) is 9.29. The number of nitrogens with two attached hydrogens (primary N) is 1. The predicted octanol–water partition coefficient (Wildman–Crippen LogP) is 3.41. The van der Waals surface area contributed by atoms with Gasteiger partial charge in [-0.3, -0.25) is 4.79 Å². The fourth-order valence-corrected chi connectivity index (χ4v) is 2.38. The van der Waals surface area contributed by atoms with Crippen molar-refractivity contribution < 1.29 is 14.7 Å². The lowest BCUT2D eigenvalue weighted by Crippen LogP contribution is -2.08. The van der Waals surface area contributed by atoms with Gasteiger partial charge in [-0.05, 0) is 48.4 Å². The molecule has 4 nitrogen and oxygen atoms in total. The van der Waals surface area contributed by atoms with Gasteiger partial charge in [-0.25, -0.2) is 4.79 Å². The van der Waals surface area contributed by atoms with E-state index in [0.717, 1.165) is 0 Å². The maximum Gasteiger partial charge on any atom is 0.335 e. The maximum absolute atomic E-state index is 12.6. The van der Waals surface area contributed by atoms with Gasteiger partial charge in [-0.1, -0.05) is 18.5 Å². The van der Waals surface area contributed by atoms with Crippen molar-refractivity contribution in [1.82, 2.24) is 0 Å². The van der Waals surface area contributed by atoms with Crippen LogP contribution in [0.4, 0.5) is 5.69 Å². The van der Waals surface area contributed by atoms with Crippen LogP contribution in [-0.4, -0.2) is 16.9 Å². The van der Waals surface area contributed by atoms with Crippen LogP contribution in [0.15, 0.2) is 36.4 Å². The highest BCUT2D eigenvalue weighted by Crippen LogP contribution is 2.24. The van der Waals surface area contributed by atoms with Crippen molar-refractivity contribution in [2.75, 3.05) is 5.73 Å². The second kappa shape index (κ2) is 5.97. The van der Waals surface area contributed by atoms with Crippen molar-refractivity contribution in [2.24, 2.45) is 0 Å². The Morgan fingerprint density at radius 3 is 2.38 bits per heavy atom. The van der Waals surface area contributed by atoms with Gasteiger partial charge in [0.25, 0.3) is 0 Å². The molecule has 0 bridgehead atoms. The lowest BCUT2D eigenvalue weighted by molar-refractivity contribution is 0.0696. The lowest BCUT2D eigenvalue weighted by Gasteiger charge is -2.10. The molecule has 0 amide bonds.